The van der Waals surface area contributed by atoms with Crippen molar-refractivity contribution in [3.63, 3.8) is 0 Å². The molecule has 2 aliphatic carbocycles. The molecule has 0 N–H and O–H groups in total. The summed E-state index contributed by atoms with van der Waals surface area (Å²) < 4.78 is 0. The lowest BCUT2D eigenvalue weighted by molar-refractivity contribution is 0.123. The summed E-state index contributed by atoms with van der Waals surface area (Å²) in [5, 5.41) is 9.32. The monoisotopic (exact) mass is 233 g/mol. The number of rotatable bonds is 2. The van der Waals surface area contributed by atoms with Crippen LogP contribution in [-0.2, 0) is 0 Å². The van der Waals surface area contributed by atoms with Crippen LogP contribution in [0.15, 0.2) is 0 Å². The summed E-state index contributed by atoms with van der Waals surface area (Å²) in [6.45, 7) is 4.58. The first-order chi connectivity index (χ1) is 8.19. The molecule has 0 aromatic rings. The fraction of sp³-hybridized carbons (Fsp3) is 0.938. The zero-order valence-corrected chi connectivity index (χ0v) is 11.5. The molecule has 96 valence electrons. The summed E-state index contributed by atoms with van der Waals surface area (Å²) in [4.78, 5) is 0. The fourth-order valence-electron chi connectivity index (χ4n) is 3.97. The van der Waals surface area contributed by atoms with Crippen molar-refractivity contribution in [2.75, 3.05) is 0 Å². The first kappa shape index (κ1) is 12.9. The average Bonchev–Trinajstić information content (AvgIpc) is 2.40. The largest absolute Gasteiger partial charge is 0.198 e. The lowest BCUT2D eigenvalue weighted by Crippen LogP contribution is -2.30. The summed E-state index contributed by atoms with van der Waals surface area (Å²) in [6, 6.07) is 2.60. The maximum atomic E-state index is 9.32. The molecule has 2 fully saturated rings. The SMILES string of the molecule is CCC1(C#N)CCC(C2CCC(C)CC2)CC1. The molecule has 0 spiro atoms. The Kier molecular flexibility index (Phi) is 4.13. The minimum absolute atomic E-state index is 0.0401. The van der Waals surface area contributed by atoms with Gasteiger partial charge >= 0.3 is 0 Å². The number of hydrogen-bond acceptors (Lipinski definition) is 1. The van der Waals surface area contributed by atoms with Crippen LogP contribution in [-0.4, -0.2) is 0 Å². The molecule has 0 radical (unpaired) electrons. The Labute approximate surface area is 107 Å². The van der Waals surface area contributed by atoms with E-state index in [9.17, 15) is 5.26 Å². The van der Waals surface area contributed by atoms with E-state index >= 15 is 0 Å². The Hall–Kier alpha value is -0.510. The molecule has 0 aromatic heterocycles. The van der Waals surface area contributed by atoms with E-state index in [-0.39, 0.29) is 5.41 Å². The Morgan fingerprint density at radius 3 is 2.00 bits per heavy atom. The van der Waals surface area contributed by atoms with Crippen molar-refractivity contribution < 1.29 is 0 Å². The molecular weight excluding hydrogens is 206 g/mol. The van der Waals surface area contributed by atoms with Gasteiger partial charge in [0, 0.05) is 0 Å². The van der Waals surface area contributed by atoms with Crippen LogP contribution in [0.25, 0.3) is 0 Å². The molecule has 17 heavy (non-hydrogen) atoms. The predicted molar refractivity (Wildman–Crippen MR) is 71.4 cm³/mol. The first-order valence-electron chi connectivity index (χ1n) is 7.60. The molecule has 2 aliphatic rings. The van der Waals surface area contributed by atoms with Gasteiger partial charge < -0.3 is 0 Å². The van der Waals surface area contributed by atoms with Gasteiger partial charge in [-0.25, -0.2) is 0 Å². The maximum Gasteiger partial charge on any atom is 0.0689 e. The summed E-state index contributed by atoms with van der Waals surface area (Å²) in [7, 11) is 0. The van der Waals surface area contributed by atoms with Gasteiger partial charge in [-0.15, -0.1) is 0 Å². The van der Waals surface area contributed by atoms with Gasteiger partial charge in [0.15, 0.2) is 0 Å². The third kappa shape index (κ3) is 2.84. The third-order valence-electron chi connectivity index (χ3n) is 5.63. The van der Waals surface area contributed by atoms with Crippen LogP contribution in [0.2, 0.25) is 0 Å². The van der Waals surface area contributed by atoms with E-state index in [0.29, 0.717) is 0 Å². The van der Waals surface area contributed by atoms with Crippen LogP contribution < -0.4 is 0 Å². The molecule has 0 bridgehead atoms. The molecule has 1 nitrogen and oxygen atoms in total. The highest BCUT2D eigenvalue weighted by Crippen LogP contribution is 2.46. The van der Waals surface area contributed by atoms with Crippen LogP contribution in [0.1, 0.15) is 71.6 Å². The van der Waals surface area contributed by atoms with E-state index in [1.54, 1.807) is 0 Å². The highest BCUT2D eigenvalue weighted by atomic mass is 14.4. The van der Waals surface area contributed by atoms with E-state index in [4.69, 9.17) is 0 Å². The van der Waals surface area contributed by atoms with Crippen LogP contribution in [0.5, 0.6) is 0 Å². The lowest BCUT2D eigenvalue weighted by atomic mass is 9.64. The standard InChI is InChI=1S/C16H27N/c1-3-16(12-17)10-8-15(9-11-16)14-6-4-13(2)5-7-14/h13-15H,3-11H2,1-2H3. The molecule has 0 amide bonds. The highest BCUT2D eigenvalue weighted by Gasteiger charge is 2.37. The number of nitrogens with zero attached hydrogens (tertiary/aromatic N) is 1. The topological polar surface area (TPSA) is 23.8 Å². The van der Waals surface area contributed by atoms with Crippen LogP contribution in [0.4, 0.5) is 0 Å². The van der Waals surface area contributed by atoms with Crippen molar-refractivity contribution in [2.24, 2.45) is 23.2 Å². The molecule has 0 saturated heterocycles. The zero-order chi connectivity index (χ0) is 12.3. The van der Waals surface area contributed by atoms with Crippen LogP contribution in [0, 0.1) is 34.5 Å². The molecule has 1 heteroatoms. The van der Waals surface area contributed by atoms with E-state index in [2.05, 4.69) is 19.9 Å². The van der Waals surface area contributed by atoms with E-state index in [1.807, 2.05) is 0 Å². The Bertz CT molecular complexity index is 272. The van der Waals surface area contributed by atoms with E-state index in [0.717, 1.165) is 37.0 Å². The Balaban J connectivity index is 1.85. The summed E-state index contributed by atoms with van der Waals surface area (Å²) in [5.74, 6) is 2.89. The smallest absolute Gasteiger partial charge is 0.0689 e. The quantitative estimate of drug-likeness (QED) is 0.664. The molecule has 0 atom stereocenters. The Morgan fingerprint density at radius 2 is 1.53 bits per heavy atom. The van der Waals surface area contributed by atoms with E-state index < -0.39 is 0 Å². The number of hydrogen-bond donors (Lipinski definition) is 0. The molecular formula is C16H27N. The van der Waals surface area contributed by atoms with Gasteiger partial charge in [0.25, 0.3) is 0 Å². The molecule has 0 aliphatic heterocycles. The second kappa shape index (κ2) is 5.42. The van der Waals surface area contributed by atoms with Gasteiger partial charge in [-0.1, -0.05) is 26.7 Å². The minimum Gasteiger partial charge on any atom is -0.198 e. The van der Waals surface area contributed by atoms with Crippen molar-refractivity contribution in [3.05, 3.63) is 0 Å². The van der Waals surface area contributed by atoms with E-state index in [1.165, 1.54) is 38.5 Å². The van der Waals surface area contributed by atoms with Gasteiger partial charge in [-0.05, 0) is 62.7 Å². The molecule has 0 heterocycles. The molecule has 2 saturated carbocycles. The molecule has 2 rings (SSSR count). The third-order valence-corrected chi connectivity index (χ3v) is 5.63. The van der Waals surface area contributed by atoms with Crippen molar-refractivity contribution in [1.82, 2.24) is 0 Å². The summed E-state index contributed by atoms with van der Waals surface area (Å²) in [5.41, 5.74) is 0.0401. The fourth-order valence-corrected chi connectivity index (χ4v) is 3.97. The van der Waals surface area contributed by atoms with Crippen molar-refractivity contribution >= 4 is 0 Å². The van der Waals surface area contributed by atoms with Crippen molar-refractivity contribution in [1.29, 1.82) is 5.26 Å². The lowest BCUT2D eigenvalue weighted by Gasteiger charge is -2.40. The zero-order valence-electron chi connectivity index (χ0n) is 11.5. The second-order valence-electron chi connectivity index (χ2n) is 6.60. The van der Waals surface area contributed by atoms with Gasteiger partial charge in [0.1, 0.15) is 0 Å². The average molecular weight is 233 g/mol. The van der Waals surface area contributed by atoms with Gasteiger partial charge in [-0.2, -0.15) is 5.26 Å². The minimum atomic E-state index is 0.0401. The normalized spacial score (nSPS) is 43.0. The van der Waals surface area contributed by atoms with Crippen LogP contribution >= 0.6 is 0 Å². The van der Waals surface area contributed by atoms with Crippen molar-refractivity contribution in [2.45, 2.75) is 71.6 Å². The molecule has 0 unspecified atom stereocenters. The van der Waals surface area contributed by atoms with Crippen molar-refractivity contribution in [3.8, 4) is 6.07 Å². The Morgan fingerprint density at radius 1 is 1.00 bits per heavy atom. The predicted octanol–water partition coefficient (Wildman–Crippen LogP) is 4.92. The molecule has 0 aromatic carbocycles. The number of nitriles is 1. The van der Waals surface area contributed by atoms with Gasteiger partial charge in [-0.3, -0.25) is 0 Å². The first-order valence-corrected chi connectivity index (χ1v) is 7.60. The maximum absolute atomic E-state index is 9.32. The second-order valence-corrected chi connectivity index (χ2v) is 6.60. The van der Waals surface area contributed by atoms with Crippen LogP contribution in [0.3, 0.4) is 0 Å². The summed E-state index contributed by atoms with van der Waals surface area (Å²) in [6.07, 6.45) is 11.8. The van der Waals surface area contributed by atoms with Gasteiger partial charge in [0.05, 0.1) is 11.5 Å². The highest BCUT2D eigenvalue weighted by molar-refractivity contribution is 5.01. The van der Waals surface area contributed by atoms with Gasteiger partial charge in [0.2, 0.25) is 0 Å². The summed E-state index contributed by atoms with van der Waals surface area (Å²) >= 11 is 0.